The molecule has 0 aliphatic heterocycles. The van der Waals surface area contributed by atoms with Crippen molar-refractivity contribution in [2.45, 2.75) is 6.92 Å². The summed E-state index contributed by atoms with van der Waals surface area (Å²) in [6.45, 7) is 1.88. The van der Waals surface area contributed by atoms with Crippen molar-refractivity contribution in [3.63, 3.8) is 0 Å². The van der Waals surface area contributed by atoms with Crippen molar-refractivity contribution in [1.82, 2.24) is 9.97 Å². The summed E-state index contributed by atoms with van der Waals surface area (Å²) in [6, 6.07) is 15.1. The first-order valence-electron chi connectivity index (χ1n) is 6.66. The number of nitrogens with zero attached hydrogens (tertiary/aromatic N) is 2. The molecule has 2 N–H and O–H groups in total. The number of phenolic OH excluding ortho intramolecular Hbond substituents is 1. The van der Waals surface area contributed by atoms with Crippen molar-refractivity contribution >= 4 is 11.6 Å². The molecule has 0 bridgehead atoms. The van der Waals surface area contributed by atoms with E-state index in [1.54, 1.807) is 18.5 Å². The Labute approximate surface area is 123 Å². The van der Waals surface area contributed by atoms with Gasteiger partial charge >= 0.3 is 0 Å². The molecule has 2 aromatic heterocycles. The fraction of sp³-hybridized carbons (Fsp3) is 0.0588. The summed E-state index contributed by atoms with van der Waals surface area (Å²) < 4.78 is 0. The van der Waals surface area contributed by atoms with Crippen LogP contribution in [0.25, 0.3) is 11.1 Å². The zero-order chi connectivity index (χ0) is 14.7. The fourth-order valence-corrected chi connectivity index (χ4v) is 2.08. The Hall–Kier alpha value is -2.88. The monoisotopic (exact) mass is 277 g/mol. The van der Waals surface area contributed by atoms with E-state index in [9.17, 15) is 5.11 Å². The summed E-state index contributed by atoms with van der Waals surface area (Å²) in [7, 11) is 0. The molecule has 104 valence electrons. The molecule has 0 radical (unpaired) electrons. The van der Waals surface area contributed by atoms with Crippen molar-refractivity contribution in [3.8, 4) is 16.9 Å². The number of phenols is 1. The van der Waals surface area contributed by atoms with Crippen LogP contribution >= 0.6 is 0 Å². The fourth-order valence-electron chi connectivity index (χ4n) is 2.08. The summed E-state index contributed by atoms with van der Waals surface area (Å²) in [6.07, 6.45) is 3.48. The molecule has 0 saturated heterocycles. The van der Waals surface area contributed by atoms with E-state index in [-0.39, 0.29) is 0 Å². The average molecular weight is 277 g/mol. The molecule has 0 fully saturated rings. The molecule has 21 heavy (non-hydrogen) atoms. The van der Waals surface area contributed by atoms with Gasteiger partial charge in [0.25, 0.3) is 0 Å². The Bertz CT molecular complexity index is 757. The van der Waals surface area contributed by atoms with E-state index in [1.165, 1.54) is 0 Å². The second-order valence-corrected chi connectivity index (χ2v) is 4.77. The van der Waals surface area contributed by atoms with Crippen LogP contribution in [0.3, 0.4) is 0 Å². The lowest BCUT2D eigenvalue weighted by Gasteiger charge is -2.08. The molecule has 0 saturated carbocycles. The smallest absolute Gasteiger partial charge is 0.132 e. The minimum atomic E-state index is 0.305. The maximum absolute atomic E-state index is 9.61. The molecule has 4 heteroatoms. The first-order valence-corrected chi connectivity index (χ1v) is 6.66. The van der Waals surface area contributed by atoms with Crippen LogP contribution in [0.5, 0.6) is 5.75 Å². The number of aromatic hydroxyl groups is 1. The van der Waals surface area contributed by atoms with Crippen LogP contribution < -0.4 is 5.32 Å². The van der Waals surface area contributed by atoms with Gasteiger partial charge in [0.2, 0.25) is 0 Å². The highest BCUT2D eigenvalue weighted by Gasteiger charge is 2.03. The average Bonchev–Trinajstić information content (AvgIpc) is 2.51. The van der Waals surface area contributed by atoms with Gasteiger partial charge in [-0.25, -0.2) is 9.97 Å². The SMILES string of the molecule is Cc1cc(-c2ccnc(Nc3ccccn3)c2)ccc1O. The number of anilines is 2. The van der Waals surface area contributed by atoms with Crippen LogP contribution in [0.15, 0.2) is 60.9 Å². The molecule has 1 aromatic carbocycles. The summed E-state index contributed by atoms with van der Waals surface area (Å²) >= 11 is 0. The molecule has 3 aromatic rings. The molecule has 2 heterocycles. The van der Waals surface area contributed by atoms with Crippen LogP contribution in [0.4, 0.5) is 11.6 Å². The highest BCUT2D eigenvalue weighted by Crippen LogP contribution is 2.26. The number of aryl methyl sites for hydroxylation is 1. The molecule has 3 rings (SSSR count). The maximum atomic E-state index is 9.61. The van der Waals surface area contributed by atoms with Gasteiger partial charge in [0.05, 0.1) is 0 Å². The number of rotatable bonds is 3. The third-order valence-corrected chi connectivity index (χ3v) is 3.21. The lowest BCUT2D eigenvalue weighted by molar-refractivity contribution is 0.471. The van der Waals surface area contributed by atoms with E-state index in [4.69, 9.17) is 0 Å². The van der Waals surface area contributed by atoms with Crippen LogP contribution in [-0.4, -0.2) is 15.1 Å². The Morgan fingerprint density at radius 1 is 0.857 bits per heavy atom. The van der Waals surface area contributed by atoms with Gasteiger partial charge in [0, 0.05) is 12.4 Å². The van der Waals surface area contributed by atoms with Gasteiger partial charge in [0.1, 0.15) is 17.4 Å². The minimum absolute atomic E-state index is 0.305. The van der Waals surface area contributed by atoms with Gasteiger partial charge in [0.15, 0.2) is 0 Å². The summed E-state index contributed by atoms with van der Waals surface area (Å²) in [5.41, 5.74) is 2.92. The van der Waals surface area contributed by atoms with Crippen molar-refractivity contribution in [2.75, 3.05) is 5.32 Å². The third kappa shape index (κ3) is 3.00. The third-order valence-electron chi connectivity index (χ3n) is 3.21. The second kappa shape index (κ2) is 5.63. The van der Waals surface area contributed by atoms with Crippen LogP contribution in [0.1, 0.15) is 5.56 Å². The van der Waals surface area contributed by atoms with E-state index in [2.05, 4.69) is 15.3 Å². The molecule has 0 unspecified atom stereocenters. The standard InChI is InChI=1S/C17H15N3O/c1-12-10-13(5-6-15(12)21)14-7-9-19-17(11-14)20-16-4-2-3-8-18-16/h2-11,21H,1H3,(H,18,19,20). The van der Waals surface area contributed by atoms with E-state index >= 15 is 0 Å². The highest BCUT2D eigenvalue weighted by molar-refractivity contribution is 5.69. The van der Waals surface area contributed by atoms with Gasteiger partial charge in [-0.05, 0) is 60.0 Å². The second-order valence-electron chi connectivity index (χ2n) is 4.77. The zero-order valence-corrected chi connectivity index (χ0v) is 11.6. The summed E-state index contributed by atoms with van der Waals surface area (Å²) in [5.74, 6) is 1.79. The van der Waals surface area contributed by atoms with Crippen molar-refractivity contribution in [1.29, 1.82) is 0 Å². The quantitative estimate of drug-likeness (QED) is 0.762. The Morgan fingerprint density at radius 3 is 2.43 bits per heavy atom. The normalized spacial score (nSPS) is 10.3. The first-order chi connectivity index (χ1) is 10.2. The Kier molecular flexibility index (Phi) is 3.51. The lowest BCUT2D eigenvalue weighted by atomic mass is 10.0. The number of benzene rings is 1. The van der Waals surface area contributed by atoms with E-state index in [1.807, 2.05) is 49.4 Å². The van der Waals surface area contributed by atoms with Gasteiger partial charge < -0.3 is 10.4 Å². The number of pyridine rings is 2. The largest absolute Gasteiger partial charge is 0.508 e. The molecule has 0 spiro atoms. The van der Waals surface area contributed by atoms with Crippen LogP contribution in [-0.2, 0) is 0 Å². The van der Waals surface area contributed by atoms with E-state index in [0.29, 0.717) is 5.75 Å². The topological polar surface area (TPSA) is 58.0 Å². The predicted octanol–water partition coefficient (Wildman–Crippen LogP) is 3.90. The Morgan fingerprint density at radius 2 is 1.67 bits per heavy atom. The molecule has 0 atom stereocenters. The number of nitrogens with one attached hydrogen (secondary N) is 1. The highest BCUT2D eigenvalue weighted by atomic mass is 16.3. The first kappa shape index (κ1) is 13.1. The molecule has 0 aliphatic rings. The van der Waals surface area contributed by atoms with Gasteiger partial charge in [-0.3, -0.25) is 0 Å². The number of aromatic nitrogens is 2. The Balaban J connectivity index is 1.91. The van der Waals surface area contributed by atoms with Crippen molar-refractivity contribution < 1.29 is 5.11 Å². The number of hydrogen-bond donors (Lipinski definition) is 2. The molecule has 4 nitrogen and oxygen atoms in total. The van der Waals surface area contributed by atoms with Crippen LogP contribution in [0.2, 0.25) is 0 Å². The number of hydrogen-bond acceptors (Lipinski definition) is 4. The van der Waals surface area contributed by atoms with Gasteiger partial charge in [-0.2, -0.15) is 0 Å². The lowest BCUT2D eigenvalue weighted by Crippen LogP contribution is -1.95. The van der Waals surface area contributed by atoms with Gasteiger partial charge in [-0.15, -0.1) is 0 Å². The minimum Gasteiger partial charge on any atom is -0.508 e. The maximum Gasteiger partial charge on any atom is 0.132 e. The molecule has 0 amide bonds. The van der Waals surface area contributed by atoms with E-state index < -0.39 is 0 Å². The van der Waals surface area contributed by atoms with Crippen molar-refractivity contribution in [3.05, 3.63) is 66.5 Å². The van der Waals surface area contributed by atoms with Crippen LogP contribution in [0, 0.1) is 6.92 Å². The predicted molar refractivity (Wildman–Crippen MR) is 83.6 cm³/mol. The van der Waals surface area contributed by atoms with E-state index in [0.717, 1.165) is 28.3 Å². The molecular formula is C17H15N3O. The van der Waals surface area contributed by atoms with Gasteiger partial charge in [-0.1, -0.05) is 12.1 Å². The van der Waals surface area contributed by atoms with Crippen molar-refractivity contribution in [2.24, 2.45) is 0 Å². The zero-order valence-electron chi connectivity index (χ0n) is 11.6. The molecular weight excluding hydrogens is 262 g/mol. The molecule has 0 aliphatic carbocycles. The summed E-state index contributed by atoms with van der Waals surface area (Å²) in [4.78, 5) is 8.52. The summed E-state index contributed by atoms with van der Waals surface area (Å²) in [5, 5.41) is 12.8.